The molecular formula is C21H33N3O2. The first-order chi connectivity index (χ1) is 12.3. The fourth-order valence-corrected chi connectivity index (χ4v) is 3.74. The number of nitrogens with zero attached hydrogens (tertiary/aromatic N) is 2. The van der Waals surface area contributed by atoms with Crippen LogP contribution in [0, 0.1) is 0 Å². The highest BCUT2D eigenvalue weighted by Gasteiger charge is 2.38. The van der Waals surface area contributed by atoms with E-state index in [0.29, 0.717) is 19.4 Å². The number of hydrogen-bond acceptors (Lipinski definition) is 3. The van der Waals surface area contributed by atoms with E-state index >= 15 is 0 Å². The number of carbonyl (C=O) groups is 2. The lowest BCUT2D eigenvalue weighted by Crippen LogP contribution is -2.56. The van der Waals surface area contributed by atoms with Gasteiger partial charge in [0.2, 0.25) is 5.91 Å². The molecule has 2 rings (SSSR count). The minimum atomic E-state index is -0.402. The summed E-state index contributed by atoms with van der Waals surface area (Å²) < 4.78 is 0. The number of benzene rings is 1. The average molecular weight is 360 g/mol. The lowest BCUT2D eigenvalue weighted by atomic mass is 9.98. The van der Waals surface area contributed by atoms with E-state index in [-0.39, 0.29) is 29.8 Å². The van der Waals surface area contributed by atoms with Gasteiger partial charge in [0.15, 0.2) is 0 Å². The Morgan fingerprint density at radius 3 is 2.35 bits per heavy atom. The largest absolute Gasteiger partial charge is 0.330 e. The predicted octanol–water partition coefficient (Wildman–Crippen LogP) is 3.32. The molecule has 0 aliphatic carbocycles. The van der Waals surface area contributed by atoms with Gasteiger partial charge in [0.25, 0.3) is 5.91 Å². The number of carbonyl (C=O) groups excluding carboxylic acids is 2. The highest BCUT2D eigenvalue weighted by molar-refractivity contribution is 5.89. The van der Waals surface area contributed by atoms with Crippen molar-refractivity contribution < 1.29 is 9.59 Å². The average Bonchev–Trinajstić information content (AvgIpc) is 2.99. The molecule has 144 valence electrons. The number of nitrogens with one attached hydrogen (secondary N) is 1. The van der Waals surface area contributed by atoms with Crippen LogP contribution < -0.4 is 5.43 Å². The topological polar surface area (TPSA) is 52.7 Å². The van der Waals surface area contributed by atoms with Crippen LogP contribution >= 0.6 is 0 Å². The Balaban J connectivity index is 2.13. The van der Waals surface area contributed by atoms with Crippen LogP contribution in [0.3, 0.4) is 0 Å². The Morgan fingerprint density at radius 1 is 1.19 bits per heavy atom. The van der Waals surface area contributed by atoms with E-state index in [0.717, 1.165) is 6.42 Å². The van der Waals surface area contributed by atoms with Crippen LogP contribution in [0.2, 0.25) is 0 Å². The molecule has 1 aromatic carbocycles. The summed E-state index contributed by atoms with van der Waals surface area (Å²) in [5, 5.41) is 1.96. The van der Waals surface area contributed by atoms with E-state index in [2.05, 4.69) is 52.2 Å². The summed E-state index contributed by atoms with van der Waals surface area (Å²) in [6, 6.07) is 10.1. The van der Waals surface area contributed by atoms with Gasteiger partial charge in [-0.05, 0) is 39.7 Å². The molecule has 1 fully saturated rings. The van der Waals surface area contributed by atoms with Crippen LogP contribution in [-0.2, 0) is 9.59 Å². The van der Waals surface area contributed by atoms with Crippen LogP contribution in [0.4, 0.5) is 0 Å². The first-order valence-corrected chi connectivity index (χ1v) is 9.78. The summed E-state index contributed by atoms with van der Waals surface area (Å²) in [6.07, 6.45) is 2.03. The second-order valence-corrected chi connectivity index (χ2v) is 7.73. The Hall–Kier alpha value is -1.88. The summed E-state index contributed by atoms with van der Waals surface area (Å²) in [4.78, 5) is 27.4. The predicted molar refractivity (Wildman–Crippen MR) is 104 cm³/mol. The van der Waals surface area contributed by atoms with Crippen molar-refractivity contribution in [1.29, 1.82) is 0 Å². The standard InChI is InChI=1S/C21H33N3O2/c1-6-10-19(21(26)22-24(15(2)3)16(4)5)23-14-18(13-20(23)25)17-11-8-7-9-12-17/h7-9,11-12,15-16,18-19H,6,10,13-14H2,1-5H3,(H,22,26). The van der Waals surface area contributed by atoms with Crippen LogP contribution in [0.1, 0.15) is 65.4 Å². The lowest BCUT2D eigenvalue weighted by Gasteiger charge is -2.34. The molecule has 1 aliphatic heterocycles. The molecule has 1 heterocycles. The molecule has 1 aliphatic rings. The Bertz CT molecular complexity index is 593. The molecule has 26 heavy (non-hydrogen) atoms. The molecule has 2 amide bonds. The smallest absolute Gasteiger partial charge is 0.257 e. The molecule has 5 heteroatoms. The summed E-state index contributed by atoms with van der Waals surface area (Å²) in [6.45, 7) is 10.9. The summed E-state index contributed by atoms with van der Waals surface area (Å²) in [5.41, 5.74) is 4.22. The second kappa shape index (κ2) is 9.17. The SMILES string of the molecule is CCCC(C(=O)NN(C(C)C)C(C)C)N1CC(c2ccccc2)CC1=O. The lowest BCUT2D eigenvalue weighted by molar-refractivity contribution is -0.141. The quantitative estimate of drug-likeness (QED) is 0.725. The zero-order valence-corrected chi connectivity index (χ0v) is 16.7. The van der Waals surface area contributed by atoms with E-state index in [9.17, 15) is 9.59 Å². The third kappa shape index (κ3) is 4.85. The van der Waals surface area contributed by atoms with Gasteiger partial charge in [-0.3, -0.25) is 15.0 Å². The molecule has 5 nitrogen and oxygen atoms in total. The number of hydrazine groups is 1. The van der Waals surface area contributed by atoms with Gasteiger partial charge in [0.1, 0.15) is 6.04 Å². The van der Waals surface area contributed by atoms with E-state index < -0.39 is 6.04 Å². The molecule has 2 unspecified atom stereocenters. The minimum absolute atomic E-state index is 0.0729. The molecule has 2 atom stereocenters. The molecule has 1 aromatic rings. The van der Waals surface area contributed by atoms with Gasteiger partial charge in [0.05, 0.1) is 0 Å². The van der Waals surface area contributed by atoms with Crippen molar-refractivity contribution in [3.05, 3.63) is 35.9 Å². The van der Waals surface area contributed by atoms with Gasteiger partial charge in [-0.25, -0.2) is 5.01 Å². The fourth-order valence-electron chi connectivity index (χ4n) is 3.74. The van der Waals surface area contributed by atoms with Gasteiger partial charge < -0.3 is 4.90 Å². The van der Waals surface area contributed by atoms with Crippen molar-refractivity contribution in [3.8, 4) is 0 Å². The summed E-state index contributed by atoms with van der Waals surface area (Å²) in [7, 11) is 0. The summed E-state index contributed by atoms with van der Waals surface area (Å²) in [5.74, 6) is 0.173. The third-order valence-electron chi connectivity index (χ3n) is 5.02. The van der Waals surface area contributed by atoms with Crippen molar-refractivity contribution in [2.45, 2.75) is 77.9 Å². The number of likely N-dealkylation sites (tertiary alicyclic amines) is 1. The molecule has 1 N–H and O–H groups in total. The molecule has 0 saturated carbocycles. The van der Waals surface area contributed by atoms with Crippen LogP contribution in [0.25, 0.3) is 0 Å². The van der Waals surface area contributed by atoms with Crippen molar-refractivity contribution in [2.75, 3.05) is 6.54 Å². The zero-order valence-electron chi connectivity index (χ0n) is 16.7. The Labute approximate surface area is 157 Å². The number of hydrogen-bond donors (Lipinski definition) is 1. The normalized spacial score (nSPS) is 18.8. The van der Waals surface area contributed by atoms with Gasteiger partial charge >= 0.3 is 0 Å². The maximum atomic E-state index is 13.0. The van der Waals surface area contributed by atoms with Gasteiger partial charge in [-0.15, -0.1) is 0 Å². The van der Waals surface area contributed by atoms with Gasteiger partial charge in [-0.1, -0.05) is 43.7 Å². The highest BCUT2D eigenvalue weighted by Crippen LogP contribution is 2.30. The third-order valence-corrected chi connectivity index (χ3v) is 5.02. The first-order valence-electron chi connectivity index (χ1n) is 9.78. The Morgan fingerprint density at radius 2 is 1.81 bits per heavy atom. The van der Waals surface area contributed by atoms with Crippen LogP contribution in [0.5, 0.6) is 0 Å². The van der Waals surface area contributed by atoms with Gasteiger partial charge in [0, 0.05) is 31.0 Å². The van der Waals surface area contributed by atoms with Crippen molar-refractivity contribution in [1.82, 2.24) is 15.3 Å². The van der Waals surface area contributed by atoms with Gasteiger partial charge in [-0.2, -0.15) is 0 Å². The Kier molecular flexibility index (Phi) is 7.21. The molecule has 1 saturated heterocycles. The number of amides is 2. The second-order valence-electron chi connectivity index (χ2n) is 7.73. The van der Waals surface area contributed by atoms with E-state index in [1.54, 1.807) is 4.90 Å². The monoisotopic (exact) mass is 359 g/mol. The van der Waals surface area contributed by atoms with Crippen molar-refractivity contribution >= 4 is 11.8 Å². The number of rotatable bonds is 8. The minimum Gasteiger partial charge on any atom is -0.330 e. The molecule has 0 bridgehead atoms. The van der Waals surface area contributed by atoms with E-state index in [4.69, 9.17) is 0 Å². The summed E-state index contributed by atoms with van der Waals surface area (Å²) >= 11 is 0. The fraction of sp³-hybridized carbons (Fsp3) is 0.619. The maximum Gasteiger partial charge on any atom is 0.257 e. The highest BCUT2D eigenvalue weighted by atomic mass is 16.2. The zero-order chi connectivity index (χ0) is 19.3. The molecule has 0 radical (unpaired) electrons. The molecule has 0 spiro atoms. The van der Waals surface area contributed by atoms with Crippen molar-refractivity contribution in [3.63, 3.8) is 0 Å². The van der Waals surface area contributed by atoms with E-state index in [1.165, 1.54) is 5.56 Å². The van der Waals surface area contributed by atoms with Crippen LogP contribution in [0.15, 0.2) is 30.3 Å². The van der Waals surface area contributed by atoms with E-state index in [1.807, 2.05) is 23.2 Å². The van der Waals surface area contributed by atoms with Crippen molar-refractivity contribution in [2.24, 2.45) is 0 Å². The maximum absolute atomic E-state index is 13.0. The molecule has 0 aromatic heterocycles. The first kappa shape index (κ1) is 20.4. The molecular weight excluding hydrogens is 326 g/mol. The van der Waals surface area contributed by atoms with Crippen LogP contribution in [-0.4, -0.2) is 46.4 Å².